The fourth-order valence-corrected chi connectivity index (χ4v) is 15.9. The zero-order valence-corrected chi connectivity index (χ0v) is 73.6. The van der Waals surface area contributed by atoms with Crippen molar-refractivity contribution in [2.24, 2.45) is 35.3 Å². The molecular formula is C88H131N13O24. The number of aliphatic hydroxyl groups excluding tert-OH is 2. The van der Waals surface area contributed by atoms with Crippen LogP contribution in [-0.4, -0.2) is 289 Å². The summed E-state index contributed by atoms with van der Waals surface area (Å²) in [5.41, 5.74) is 23.9. The first-order valence-corrected chi connectivity index (χ1v) is 43.7. The van der Waals surface area contributed by atoms with E-state index in [2.05, 4.69) is 30.6 Å². The van der Waals surface area contributed by atoms with Crippen LogP contribution in [0, 0.1) is 29.6 Å². The molecule has 3 aliphatic heterocycles. The zero-order valence-electron chi connectivity index (χ0n) is 73.6. The summed E-state index contributed by atoms with van der Waals surface area (Å²) < 4.78 is 83.4. The number of allylic oxidation sites excluding steroid dienone is 6. The minimum absolute atomic E-state index is 0.0106. The highest BCUT2D eigenvalue weighted by molar-refractivity contribution is 6.39. The summed E-state index contributed by atoms with van der Waals surface area (Å²) in [6.45, 7) is 16.2. The molecule has 5 aromatic rings. The molecule has 9 rings (SSSR count). The van der Waals surface area contributed by atoms with Crippen molar-refractivity contribution < 1.29 is 115 Å². The second kappa shape index (κ2) is 51.9. The smallest absolute Gasteiger partial charge is 0.329 e. The van der Waals surface area contributed by atoms with E-state index in [-0.39, 0.29) is 133 Å². The van der Waals surface area contributed by atoms with Gasteiger partial charge in [0.15, 0.2) is 17.0 Å². The van der Waals surface area contributed by atoms with E-state index < -0.39 is 101 Å². The number of benzene rings is 1. The van der Waals surface area contributed by atoms with Crippen LogP contribution in [0.25, 0.3) is 33.4 Å². The van der Waals surface area contributed by atoms with Crippen LogP contribution < -0.4 is 22.5 Å². The molecule has 4 aromatic heterocycles. The molecule has 7 heterocycles. The zero-order chi connectivity index (χ0) is 89.8. The van der Waals surface area contributed by atoms with Crippen LogP contribution in [0.2, 0.25) is 0 Å². The van der Waals surface area contributed by atoms with Gasteiger partial charge < -0.3 is 109 Å². The number of ether oxygens (including phenoxy) is 13. The van der Waals surface area contributed by atoms with E-state index in [1.165, 1.54) is 19.3 Å². The molecule has 1 aliphatic carbocycles. The first-order valence-electron chi connectivity index (χ1n) is 43.7. The number of amides is 2. The van der Waals surface area contributed by atoms with Gasteiger partial charge in [-0.1, -0.05) is 69.4 Å². The first kappa shape index (κ1) is 100.0. The molecule has 0 radical (unpaired) electrons. The summed E-state index contributed by atoms with van der Waals surface area (Å²) in [4.78, 5) is 110. The number of nitrogen functional groups attached to an aromatic ring is 2. The molecule has 37 nitrogen and oxygen atoms in total. The van der Waals surface area contributed by atoms with E-state index in [9.17, 15) is 48.9 Å². The summed E-state index contributed by atoms with van der Waals surface area (Å²) in [6, 6.07) is 3.16. The average molecular weight is 1760 g/mol. The summed E-state index contributed by atoms with van der Waals surface area (Å²) in [5.74, 6) is -9.30. The van der Waals surface area contributed by atoms with Crippen LogP contribution in [0.5, 0.6) is 0 Å². The van der Waals surface area contributed by atoms with Gasteiger partial charge in [0, 0.05) is 82.5 Å². The summed E-state index contributed by atoms with van der Waals surface area (Å²) in [5, 5.41) is 51.8. The number of aromatic nitrogens is 8. The number of rotatable bonds is 41. The lowest BCUT2D eigenvalue weighted by Crippen LogP contribution is -2.61. The SMILES string of the molecule is CO[C@H]1C[C@@H]2CC[C@@H](C)[C@@](O)(O2)C(=O)C(=O)N2CCCC[C@H]2C(=O)O[C@H]([C@H](N)C[C@@H]2CC[C@H](n3cc(COCCOCCOCCOCCC(=O)OCCOCCOCCOCCOCCC(=O)NCCCCn4nc(-c5ccc6oc(N)nc6c5)c5c(N)ncnc54)nn3)[C@H](OC)C2)CC(=O)[C@H](C)/C=C(\C)[C@@H](O)[C@@H](O)C(=O)[C@H](C)C[C@H](C)/C=C/C=CC=C1C. The molecule has 1 aromatic carbocycles. The standard InChI is InChI=1S/C88H131N13O24/c1-56-16-10-9-11-17-57(2)72(112-7)51-65-22-19-61(6)88(111,125-65)82(108)85(109)99-28-14-12-18-69(99)86(110)123-73(52-70(102)58(3)47-60(5)80(106)81(107)79(105)59(4)46-56)66(89)48-62-20-23-68(74(49-62)113-8)101-53-64(96-98-101)54-121-43-42-119-39-38-117-35-33-115-31-26-76(104)122-45-44-120-41-40-118-37-36-116-34-32-114-30-25-75(103)92-27-13-15-29-100-84-77(83(90)93-55-94-84)78(97-100)63-21-24-71-67(50-63)95-87(91)124-71/h9-11,16-17,21,24,47,50,53,55-56,58-59,61-62,65-66,68-69,72-74,80-81,106-107,111H,12-15,18-20,22-23,25-46,48-49,51-52,54,89H2,1-8H3,(H2,91,95)(H,92,103)(H2,90,93,94)/b11-9?,16-10+,57-17?,60-47+/t56-,58-,59-,61-,62+,65+,66-,68+,69+,72+,73+,74-,80-,81+,88-/m1/s1. The largest absolute Gasteiger partial charge is 0.463 e. The van der Waals surface area contributed by atoms with Gasteiger partial charge in [0.2, 0.25) is 11.7 Å². The molecule has 692 valence electrons. The normalized spacial score (nSPS) is 26.0. The van der Waals surface area contributed by atoms with Gasteiger partial charge in [0.05, 0.1) is 148 Å². The van der Waals surface area contributed by atoms with Crippen LogP contribution in [0.4, 0.5) is 11.8 Å². The Morgan fingerprint density at radius 2 is 1.42 bits per heavy atom. The maximum absolute atomic E-state index is 14.7. The summed E-state index contributed by atoms with van der Waals surface area (Å²) >= 11 is 0. The first-order chi connectivity index (χ1) is 60.3. The van der Waals surface area contributed by atoms with Crippen molar-refractivity contribution in [3.63, 3.8) is 0 Å². The number of carbonyl (C=O) groups excluding carboxylic acids is 7. The molecule has 2 bridgehead atoms. The monoisotopic (exact) mass is 1750 g/mol. The van der Waals surface area contributed by atoms with Gasteiger partial charge in [-0.05, 0) is 132 Å². The molecule has 125 heavy (non-hydrogen) atoms. The van der Waals surface area contributed by atoms with Gasteiger partial charge in [-0.25, -0.2) is 24.1 Å². The van der Waals surface area contributed by atoms with Crippen molar-refractivity contribution in [3.8, 4) is 11.3 Å². The lowest BCUT2D eigenvalue weighted by Gasteiger charge is -2.42. The fraction of sp³-hybridized carbons (Fsp3) is 0.670. The van der Waals surface area contributed by atoms with Gasteiger partial charge >= 0.3 is 11.9 Å². The number of fused-ring (bicyclic) bond motifs is 5. The van der Waals surface area contributed by atoms with Gasteiger partial charge in [0.25, 0.3) is 17.7 Å². The fourth-order valence-electron chi connectivity index (χ4n) is 15.9. The number of unbranched alkanes of at least 4 members (excludes halogenated alkanes) is 1. The van der Waals surface area contributed by atoms with E-state index in [0.717, 1.165) is 22.5 Å². The van der Waals surface area contributed by atoms with Crippen LogP contribution >= 0.6 is 0 Å². The van der Waals surface area contributed by atoms with Crippen molar-refractivity contribution in [2.45, 2.75) is 218 Å². The molecule has 3 fully saturated rings. The maximum atomic E-state index is 14.7. The van der Waals surface area contributed by atoms with Crippen LogP contribution in [0.15, 0.2) is 82.7 Å². The van der Waals surface area contributed by atoms with Gasteiger partial charge in [-0.15, -0.1) is 5.10 Å². The Labute approximate surface area is 729 Å². The van der Waals surface area contributed by atoms with Crippen molar-refractivity contribution in [1.82, 2.24) is 49.9 Å². The number of anilines is 2. The predicted molar refractivity (Wildman–Crippen MR) is 457 cm³/mol. The summed E-state index contributed by atoms with van der Waals surface area (Å²) in [6.07, 6.45) is 14.0. The third-order valence-electron chi connectivity index (χ3n) is 23.1. The topological polar surface area (TPSA) is 494 Å². The number of aryl methyl sites for hydroxylation is 1. The Kier molecular flexibility index (Phi) is 41.5. The minimum Gasteiger partial charge on any atom is -0.463 e. The molecule has 1 saturated carbocycles. The Balaban J connectivity index is 0.598. The number of cyclic esters (lactones) is 1. The molecule has 0 unspecified atom stereocenters. The molecule has 0 spiro atoms. The van der Waals surface area contributed by atoms with Crippen molar-refractivity contribution in [2.75, 3.05) is 144 Å². The third-order valence-corrected chi connectivity index (χ3v) is 23.1. The average Bonchev–Trinajstić information content (AvgIpc) is 1.74. The number of aliphatic hydroxyl groups is 3. The number of hydrogen-bond acceptors (Lipinski definition) is 33. The van der Waals surface area contributed by atoms with E-state index in [0.29, 0.717) is 176 Å². The van der Waals surface area contributed by atoms with Crippen LogP contribution in [0.3, 0.4) is 0 Å². The molecule has 37 heteroatoms. The predicted octanol–water partition coefficient (Wildman–Crippen LogP) is 6.35. The number of esters is 2. The molecule has 2 amide bonds. The van der Waals surface area contributed by atoms with Gasteiger partial charge in [0.1, 0.15) is 65.8 Å². The second-order valence-corrected chi connectivity index (χ2v) is 32.6. The number of nitrogens with two attached hydrogens (primary N) is 3. The molecule has 2 saturated heterocycles. The minimum atomic E-state index is -2.50. The lowest BCUT2D eigenvalue weighted by atomic mass is 9.79. The number of piperidine rings is 1. The van der Waals surface area contributed by atoms with E-state index in [1.54, 1.807) is 50.4 Å². The van der Waals surface area contributed by atoms with Gasteiger partial charge in [-0.3, -0.25) is 28.8 Å². The number of oxazole rings is 1. The second-order valence-electron chi connectivity index (χ2n) is 32.6. The Morgan fingerprint density at radius 3 is 2.11 bits per heavy atom. The molecule has 15 atom stereocenters. The lowest BCUT2D eigenvalue weighted by molar-refractivity contribution is -0.265. The number of methoxy groups -OCH3 is 2. The molecular weight excluding hydrogens is 1620 g/mol. The number of hydrogen-bond donors (Lipinski definition) is 7. The van der Waals surface area contributed by atoms with Crippen molar-refractivity contribution in [3.05, 3.63) is 84.0 Å². The van der Waals surface area contributed by atoms with E-state index >= 15 is 0 Å². The van der Waals surface area contributed by atoms with E-state index in [1.807, 2.05) is 62.6 Å². The number of nitrogens with zero attached hydrogens (tertiary/aromatic N) is 9. The molecule has 4 aliphatic rings. The van der Waals surface area contributed by atoms with Crippen LogP contribution in [0.1, 0.15) is 156 Å². The Bertz CT molecular complexity index is 4360. The number of ketones is 3. The Morgan fingerprint density at radius 1 is 0.736 bits per heavy atom. The Hall–Kier alpha value is -8.77. The summed E-state index contributed by atoms with van der Waals surface area (Å²) in [7, 11) is 3.17. The van der Waals surface area contributed by atoms with Gasteiger partial charge in [-0.2, -0.15) is 10.1 Å². The van der Waals surface area contributed by atoms with Crippen LogP contribution in [-0.2, 0) is 108 Å². The highest BCUT2D eigenvalue weighted by Crippen LogP contribution is 2.40. The highest BCUT2D eigenvalue weighted by Gasteiger charge is 2.53. The van der Waals surface area contributed by atoms with Crippen molar-refractivity contribution in [1.29, 1.82) is 0 Å². The number of nitrogens with one attached hydrogen (secondary N) is 1. The van der Waals surface area contributed by atoms with Crippen molar-refractivity contribution >= 4 is 75.1 Å². The highest BCUT2D eigenvalue weighted by atomic mass is 16.6. The number of carbonyl (C=O) groups is 7. The third kappa shape index (κ3) is 30.7. The maximum Gasteiger partial charge on any atom is 0.329 e. The quantitative estimate of drug-likeness (QED) is 0.00969. The van der Waals surface area contributed by atoms with E-state index in [4.69, 9.17) is 88.3 Å². The molecule has 10 N–H and O–H groups in total. The number of Topliss-reactive ketones (excluding diaryl/α,β-unsaturated/α-hetero) is 3.